The zero-order valence-electron chi connectivity index (χ0n) is 6.28. The average Bonchev–Trinajstić information content (AvgIpc) is 2.35. The summed E-state index contributed by atoms with van der Waals surface area (Å²) >= 11 is 1.60. The van der Waals surface area contributed by atoms with Gasteiger partial charge >= 0.3 is 5.97 Å². The van der Waals surface area contributed by atoms with Crippen LogP contribution in [0.4, 0.5) is 0 Å². The van der Waals surface area contributed by atoms with E-state index < -0.39 is 5.97 Å². The molecular formula is C8H10O2S. The molecule has 0 radical (unpaired) electrons. The molecule has 1 heterocycles. The van der Waals surface area contributed by atoms with Crippen molar-refractivity contribution in [3.8, 4) is 0 Å². The number of hydrogen-bond acceptors (Lipinski definition) is 2. The number of carboxylic acids is 1. The van der Waals surface area contributed by atoms with E-state index in [-0.39, 0.29) is 12.3 Å². The maximum Gasteiger partial charge on any atom is 0.303 e. The predicted molar refractivity (Wildman–Crippen MR) is 45.0 cm³/mol. The van der Waals surface area contributed by atoms with E-state index in [9.17, 15) is 4.79 Å². The van der Waals surface area contributed by atoms with Crippen molar-refractivity contribution in [1.82, 2.24) is 0 Å². The summed E-state index contributed by atoms with van der Waals surface area (Å²) in [5.41, 5.74) is 1.12. The average molecular weight is 170 g/mol. The Morgan fingerprint density at radius 3 is 3.00 bits per heavy atom. The van der Waals surface area contributed by atoms with Crippen molar-refractivity contribution in [3.05, 3.63) is 22.4 Å². The Kier molecular flexibility index (Phi) is 2.65. The molecule has 3 heteroatoms. The largest absolute Gasteiger partial charge is 0.481 e. The zero-order chi connectivity index (χ0) is 8.27. The number of carboxylic acid groups (broad SMARTS) is 1. The maximum absolute atomic E-state index is 10.3. The Morgan fingerprint density at radius 1 is 1.82 bits per heavy atom. The predicted octanol–water partition coefficient (Wildman–Crippen LogP) is 2.33. The van der Waals surface area contributed by atoms with Gasteiger partial charge in [0.05, 0.1) is 6.42 Å². The summed E-state index contributed by atoms with van der Waals surface area (Å²) < 4.78 is 0. The molecule has 11 heavy (non-hydrogen) atoms. The quantitative estimate of drug-likeness (QED) is 0.755. The van der Waals surface area contributed by atoms with Crippen molar-refractivity contribution in [1.29, 1.82) is 0 Å². The van der Waals surface area contributed by atoms with Gasteiger partial charge in [-0.25, -0.2) is 0 Å². The molecule has 0 saturated carbocycles. The molecule has 0 spiro atoms. The van der Waals surface area contributed by atoms with Crippen LogP contribution in [0, 0.1) is 0 Å². The molecule has 60 valence electrons. The van der Waals surface area contributed by atoms with Crippen LogP contribution in [0.3, 0.4) is 0 Å². The molecule has 0 aliphatic carbocycles. The van der Waals surface area contributed by atoms with Crippen LogP contribution in [-0.2, 0) is 4.79 Å². The lowest BCUT2D eigenvalue weighted by Crippen LogP contribution is -2.01. The molecular weight excluding hydrogens is 160 g/mol. The van der Waals surface area contributed by atoms with Crippen LogP contribution >= 0.6 is 11.3 Å². The zero-order valence-corrected chi connectivity index (χ0v) is 7.10. The van der Waals surface area contributed by atoms with E-state index in [1.54, 1.807) is 11.3 Å². The second-order valence-electron chi connectivity index (χ2n) is 2.56. The van der Waals surface area contributed by atoms with Crippen LogP contribution in [0.1, 0.15) is 24.8 Å². The molecule has 0 saturated heterocycles. The van der Waals surface area contributed by atoms with Gasteiger partial charge in [0.15, 0.2) is 0 Å². The first-order valence-electron chi connectivity index (χ1n) is 3.44. The number of carbonyl (C=O) groups is 1. The van der Waals surface area contributed by atoms with Crippen molar-refractivity contribution >= 4 is 17.3 Å². The van der Waals surface area contributed by atoms with E-state index >= 15 is 0 Å². The summed E-state index contributed by atoms with van der Waals surface area (Å²) in [6.45, 7) is 1.93. The second-order valence-corrected chi connectivity index (χ2v) is 3.34. The Bertz CT molecular complexity index is 228. The van der Waals surface area contributed by atoms with E-state index in [0.29, 0.717) is 0 Å². The SMILES string of the molecule is C[C@H](CC(=O)O)c1ccsc1. The molecule has 1 aromatic rings. The number of aliphatic carboxylic acids is 1. The second kappa shape index (κ2) is 3.53. The van der Waals surface area contributed by atoms with Gasteiger partial charge in [-0.05, 0) is 28.3 Å². The Balaban J connectivity index is 2.56. The minimum Gasteiger partial charge on any atom is -0.481 e. The van der Waals surface area contributed by atoms with Gasteiger partial charge in [0.2, 0.25) is 0 Å². The number of rotatable bonds is 3. The van der Waals surface area contributed by atoms with Gasteiger partial charge in [0, 0.05) is 0 Å². The van der Waals surface area contributed by atoms with Gasteiger partial charge < -0.3 is 5.11 Å². The van der Waals surface area contributed by atoms with Crippen LogP contribution in [0.25, 0.3) is 0 Å². The summed E-state index contributed by atoms with van der Waals surface area (Å²) in [4.78, 5) is 10.3. The fourth-order valence-corrected chi connectivity index (χ4v) is 1.72. The van der Waals surface area contributed by atoms with Crippen LogP contribution in [0.5, 0.6) is 0 Å². The highest BCUT2D eigenvalue weighted by molar-refractivity contribution is 7.07. The molecule has 1 aromatic heterocycles. The summed E-state index contributed by atoms with van der Waals surface area (Å²) in [5, 5.41) is 12.4. The Hall–Kier alpha value is -0.830. The molecule has 0 unspecified atom stereocenters. The van der Waals surface area contributed by atoms with Crippen molar-refractivity contribution < 1.29 is 9.90 Å². The van der Waals surface area contributed by atoms with Gasteiger partial charge in [-0.3, -0.25) is 4.79 Å². The molecule has 1 atom stereocenters. The van der Waals surface area contributed by atoms with Gasteiger partial charge in [0.1, 0.15) is 0 Å². The van der Waals surface area contributed by atoms with Gasteiger partial charge in [-0.1, -0.05) is 6.92 Å². The van der Waals surface area contributed by atoms with Crippen molar-refractivity contribution in [2.45, 2.75) is 19.3 Å². The van der Waals surface area contributed by atoms with Crippen molar-refractivity contribution in [3.63, 3.8) is 0 Å². The molecule has 0 aliphatic heterocycles. The number of thiophene rings is 1. The van der Waals surface area contributed by atoms with Crippen LogP contribution in [0.15, 0.2) is 16.8 Å². The summed E-state index contributed by atoms with van der Waals surface area (Å²) in [6.07, 6.45) is 0.219. The summed E-state index contributed by atoms with van der Waals surface area (Å²) in [7, 11) is 0. The Labute approximate surface area is 69.5 Å². The highest BCUT2D eigenvalue weighted by atomic mass is 32.1. The Morgan fingerprint density at radius 2 is 2.55 bits per heavy atom. The van der Waals surface area contributed by atoms with Crippen molar-refractivity contribution in [2.75, 3.05) is 0 Å². The lowest BCUT2D eigenvalue weighted by molar-refractivity contribution is -0.137. The van der Waals surface area contributed by atoms with Crippen molar-refractivity contribution in [2.24, 2.45) is 0 Å². The molecule has 2 nitrogen and oxygen atoms in total. The first-order valence-corrected chi connectivity index (χ1v) is 4.38. The molecule has 1 rings (SSSR count). The molecule has 0 aromatic carbocycles. The van der Waals surface area contributed by atoms with E-state index in [1.165, 1.54) is 0 Å². The van der Waals surface area contributed by atoms with E-state index in [1.807, 2.05) is 23.8 Å². The molecule has 0 bridgehead atoms. The lowest BCUT2D eigenvalue weighted by atomic mass is 10.0. The monoisotopic (exact) mass is 170 g/mol. The number of hydrogen-bond donors (Lipinski definition) is 1. The smallest absolute Gasteiger partial charge is 0.303 e. The fourth-order valence-electron chi connectivity index (χ4n) is 0.935. The molecule has 0 fully saturated rings. The minimum absolute atomic E-state index is 0.138. The first kappa shape index (κ1) is 8.27. The summed E-state index contributed by atoms with van der Waals surface area (Å²) in [5.74, 6) is -0.595. The highest BCUT2D eigenvalue weighted by Gasteiger charge is 2.09. The van der Waals surface area contributed by atoms with Crippen LogP contribution in [0.2, 0.25) is 0 Å². The molecule has 0 amide bonds. The molecule has 1 N–H and O–H groups in total. The minimum atomic E-state index is -0.733. The van der Waals surface area contributed by atoms with Crippen LogP contribution < -0.4 is 0 Å². The lowest BCUT2D eigenvalue weighted by Gasteiger charge is -2.04. The van der Waals surface area contributed by atoms with E-state index in [4.69, 9.17) is 5.11 Å². The first-order chi connectivity index (χ1) is 5.20. The highest BCUT2D eigenvalue weighted by Crippen LogP contribution is 2.20. The normalized spacial score (nSPS) is 12.8. The maximum atomic E-state index is 10.3. The third kappa shape index (κ3) is 2.35. The standard InChI is InChI=1S/C8H10O2S/c1-6(4-8(9)10)7-2-3-11-5-7/h2-3,5-6H,4H2,1H3,(H,9,10)/t6-/m1/s1. The molecule has 0 aliphatic rings. The van der Waals surface area contributed by atoms with Crippen LogP contribution in [-0.4, -0.2) is 11.1 Å². The van der Waals surface area contributed by atoms with E-state index in [0.717, 1.165) is 5.56 Å². The van der Waals surface area contributed by atoms with Gasteiger partial charge in [-0.15, -0.1) is 0 Å². The topological polar surface area (TPSA) is 37.3 Å². The van der Waals surface area contributed by atoms with E-state index in [2.05, 4.69) is 0 Å². The van der Waals surface area contributed by atoms with Gasteiger partial charge in [0.25, 0.3) is 0 Å². The third-order valence-electron chi connectivity index (χ3n) is 1.59. The third-order valence-corrected chi connectivity index (χ3v) is 2.29. The fraction of sp³-hybridized carbons (Fsp3) is 0.375. The van der Waals surface area contributed by atoms with Gasteiger partial charge in [-0.2, -0.15) is 11.3 Å². The summed E-state index contributed by atoms with van der Waals surface area (Å²) in [6, 6.07) is 1.97.